The predicted octanol–water partition coefficient (Wildman–Crippen LogP) is -6.27. The van der Waals surface area contributed by atoms with Crippen LogP contribution in [0, 0.1) is 5.92 Å². The van der Waals surface area contributed by atoms with Crippen LogP contribution in [0.5, 0.6) is 0 Å². The van der Waals surface area contributed by atoms with Crippen LogP contribution in [0.25, 0.3) is 0 Å². The fourth-order valence-corrected chi connectivity index (χ4v) is 6.06. The monoisotopic (exact) mass is 673 g/mol. The standard InChI is InChI=1S/C27H47NO18/c1-7-14(32)11(5-29)43-27(21(7)44-25-19(37)17(35)15(33)8(2)40-25)45-22-12(6-30)42-24(39)13(28-10(4)31)23(22)46-26-20(38)18(36)16(34)9(3)41-26/h7-9,11-27,29-30,32-39H,5-6H2,1-4H3,(H,28,31)/t7?,8-,9?,11+,12?,13?,14-,15+,16-,17?,18+,19?,20?,21?,22-,23+,24+,25+,26-,27+/m0/s1. The van der Waals surface area contributed by atoms with Gasteiger partial charge < -0.3 is 89.5 Å². The summed E-state index contributed by atoms with van der Waals surface area (Å²) in [6, 6.07) is -1.44. The van der Waals surface area contributed by atoms with Gasteiger partial charge in [-0.05, 0) is 13.8 Å². The summed E-state index contributed by atoms with van der Waals surface area (Å²) in [5.41, 5.74) is 0. The summed E-state index contributed by atoms with van der Waals surface area (Å²) < 4.78 is 40.7. The van der Waals surface area contributed by atoms with E-state index in [9.17, 15) is 55.9 Å². The molecule has 0 bridgehead atoms. The zero-order valence-electron chi connectivity index (χ0n) is 25.7. The van der Waals surface area contributed by atoms with Gasteiger partial charge in [0, 0.05) is 12.8 Å². The van der Waals surface area contributed by atoms with E-state index in [4.69, 9.17) is 33.2 Å². The van der Waals surface area contributed by atoms with Gasteiger partial charge in [-0.3, -0.25) is 4.79 Å². The first-order chi connectivity index (χ1) is 21.6. The van der Waals surface area contributed by atoms with E-state index in [1.54, 1.807) is 0 Å². The summed E-state index contributed by atoms with van der Waals surface area (Å²) in [5, 5.41) is 106. The van der Waals surface area contributed by atoms with Gasteiger partial charge in [-0.1, -0.05) is 6.92 Å². The quantitative estimate of drug-likeness (QED) is 0.108. The second-order valence-electron chi connectivity index (χ2n) is 12.2. The highest BCUT2D eigenvalue weighted by Gasteiger charge is 2.55. The zero-order chi connectivity index (χ0) is 34.2. The summed E-state index contributed by atoms with van der Waals surface area (Å²) in [6.45, 7) is 4.01. The molecule has 0 radical (unpaired) electrons. The molecule has 46 heavy (non-hydrogen) atoms. The summed E-state index contributed by atoms with van der Waals surface area (Å²) in [5.74, 6) is -1.57. The van der Waals surface area contributed by atoms with Crippen molar-refractivity contribution in [3.8, 4) is 0 Å². The highest BCUT2D eigenvalue weighted by molar-refractivity contribution is 5.73. The zero-order valence-corrected chi connectivity index (χ0v) is 25.7. The first-order valence-electron chi connectivity index (χ1n) is 15.1. The summed E-state index contributed by atoms with van der Waals surface area (Å²) in [6.07, 6.45) is -26.9. The SMILES string of the molecule is CC(=O)NC1[C@H](O)OC(CO)[C@H](O[C@H]2O[C@H](CO)[C@@H](O)C(C)C2O[C@H]2O[C@@H](C)[C@@H](O)C(O)C2O)[C@@H]1O[C@@H]1OC(C)[C@H](O)[C@@H](O)C1O. The van der Waals surface area contributed by atoms with Crippen molar-refractivity contribution in [3.05, 3.63) is 0 Å². The lowest BCUT2D eigenvalue weighted by Gasteiger charge is -2.50. The van der Waals surface area contributed by atoms with Gasteiger partial charge in [-0.25, -0.2) is 0 Å². The van der Waals surface area contributed by atoms with Crippen molar-refractivity contribution in [1.29, 1.82) is 0 Å². The first kappa shape index (κ1) is 37.6. The number of carbonyl (C=O) groups is 1. The van der Waals surface area contributed by atoms with E-state index in [2.05, 4.69) is 5.32 Å². The molecule has 0 aliphatic carbocycles. The second-order valence-corrected chi connectivity index (χ2v) is 12.2. The Kier molecular flexibility index (Phi) is 12.7. The molecule has 4 aliphatic rings. The summed E-state index contributed by atoms with van der Waals surface area (Å²) >= 11 is 0. The molecule has 0 spiro atoms. The minimum absolute atomic E-state index is 0.651. The Morgan fingerprint density at radius 1 is 0.587 bits per heavy atom. The molecule has 20 atom stereocenters. The number of nitrogens with one attached hydrogen (secondary N) is 1. The van der Waals surface area contributed by atoms with Gasteiger partial charge in [0.05, 0.1) is 31.5 Å². The molecule has 268 valence electrons. The number of rotatable bonds is 9. The number of carbonyl (C=O) groups excluding carboxylic acids is 1. The number of ether oxygens (including phenoxy) is 7. The molecule has 0 aromatic carbocycles. The van der Waals surface area contributed by atoms with E-state index in [1.807, 2.05) is 0 Å². The van der Waals surface area contributed by atoms with E-state index in [-0.39, 0.29) is 0 Å². The predicted molar refractivity (Wildman–Crippen MR) is 146 cm³/mol. The maximum Gasteiger partial charge on any atom is 0.217 e. The van der Waals surface area contributed by atoms with Gasteiger partial charge >= 0.3 is 0 Å². The van der Waals surface area contributed by atoms with Gasteiger partial charge in [-0.15, -0.1) is 0 Å². The van der Waals surface area contributed by atoms with Crippen LogP contribution in [-0.4, -0.2) is 187 Å². The summed E-state index contributed by atoms with van der Waals surface area (Å²) in [4.78, 5) is 12.1. The molecule has 4 aliphatic heterocycles. The van der Waals surface area contributed by atoms with Crippen LogP contribution < -0.4 is 5.32 Å². The van der Waals surface area contributed by atoms with Crippen LogP contribution in [0.2, 0.25) is 0 Å². The molecule has 0 aromatic rings. The van der Waals surface area contributed by atoms with Crippen molar-refractivity contribution in [1.82, 2.24) is 5.32 Å². The van der Waals surface area contributed by atoms with Crippen molar-refractivity contribution >= 4 is 5.91 Å². The fourth-order valence-electron chi connectivity index (χ4n) is 6.06. The molecule has 4 rings (SSSR count). The first-order valence-corrected chi connectivity index (χ1v) is 15.1. The molecule has 4 fully saturated rings. The van der Waals surface area contributed by atoms with Crippen molar-refractivity contribution < 1.29 is 89.0 Å². The Morgan fingerprint density at radius 2 is 1.07 bits per heavy atom. The molecular formula is C27H47NO18. The lowest BCUT2D eigenvalue weighted by atomic mass is 9.89. The smallest absolute Gasteiger partial charge is 0.217 e. The largest absolute Gasteiger partial charge is 0.394 e. The van der Waals surface area contributed by atoms with Gasteiger partial charge in [0.2, 0.25) is 5.91 Å². The van der Waals surface area contributed by atoms with Gasteiger partial charge in [0.15, 0.2) is 25.2 Å². The van der Waals surface area contributed by atoms with Crippen molar-refractivity contribution in [2.24, 2.45) is 5.92 Å². The molecule has 11 N–H and O–H groups in total. The van der Waals surface area contributed by atoms with Crippen LogP contribution in [0.1, 0.15) is 27.7 Å². The number of hydrogen-bond donors (Lipinski definition) is 11. The van der Waals surface area contributed by atoms with Crippen LogP contribution in [-0.2, 0) is 38.0 Å². The van der Waals surface area contributed by atoms with E-state index < -0.39 is 142 Å². The second kappa shape index (κ2) is 15.6. The molecule has 4 heterocycles. The maximum absolute atomic E-state index is 12.1. The fraction of sp³-hybridized carbons (Fsp3) is 0.963. The Bertz CT molecular complexity index is 996. The molecule has 0 aromatic heterocycles. The van der Waals surface area contributed by atoms with Crippen LogP contribution in [0.3, 0.4) is 0 Å². The molecular weight excluding hydrogens is 626 g/mol. The van der Waals surface area contributed by atoms with Crippen LogP contribution in [0.15, 0.2) is 0 Å². The Balaban J connectivity index is 1.68. The van der Waals surface area contributed by atoms with Crippen molar-refractivity contribution in [2.75, 3.05) is 13.2 Å². The minimum atomic E-state index is -1.82. The van der Waals surface area contributed by atoms with Crippen molar-refractivity contribution in [3.63, 3.8) is 0 Å². The topological polar surface area (TPSA) is 296 Å². The van der Waals surface area contributed by atoms with E-state index in [1.165, 1.54) is 20.8 Å². The number of aliphatic hydroxyl groups excluding tert-OH is 10. The normalized spacial score (nSPS) is 51.9. The van der Waals surface area contributed by atoms with Crippen LogP contribution >= 0.6 is 0 Å². The number of amides is 1. The third kappa shape index (κ3) is 7.66. The molecule has 19 heteroatoms. The average Bonchev–Trinajstić information content (AvgIpc) is 3.01. The van der Waals surface area contributed by atoms with Gasteiger partial charge in [0.25, 0.3) is 0 Å². The molecule has 4 saturated heterocycles. The highest BCUT2D eigenvalue weighted by atomic mass is 16.8. The van der Waals surface area contributed by atoms with Crippen LogP contribution in [0.4, 0.5) is 0 Å². The minimum Gasteiger partial charge on any atom is -0.394 e. The highest BCUT2D eigenvalue weighted by Crippen LogP contribution is 2.36. The number of hydrogen-bond acceptors (Lipinski definition) is 18. The lowest BCUT2D eigenvalue weighted by molar-refractivity contribution is -0.387. The van der Waals surface area contributed by atoms with Gasteiger partial charge in [0.1, 0.15) is 73.2 Å². The van der Waals surface area contributed by atoms with E-state index in [0.717, 1.165) is 6.92 Å². The lowest BCUT2D eigenvalue weighted by Crippen LogP contribution is -2.69. The number of aliphatic hydroxyl groups is 10. The molecule has 8 unspecified atom stereocenters. The molecule has 1 amide bonds. The Hall–Kier alpha value is -1.21. The third-order valence-corrected chi connectivity index (χ3v) is 8.90. The van der Waals surface area contributed by atoms with Crippen molar-refractivity contribution in [2.45, 2.75) is 144 Å². The maximum atomic E-state index is 12.1. The van der Waals surface area contributed by atoms with E-state index in [0.29, 0.717) is 0 Å². The Labute approximate surface area is 264 Å². The van der Waals surface area contributed by atoms with E-state index >= 15 is 0 Å². The summed E-state index contributed by atoms with van der Waals surface area (Å²) in [7, 11) is 0. The third-order valence-electron chi connectivity index (χ3n) is 8.90. The average molecular weight is 674 g/mol. The molecule has 0 saturated carbocycles. The van der Waals surface area contributed by atoms with Gasteiger partial charge in [-0.2, -0.15) is 0 Å². The molecule has 19 nitrogen and oxygen atoms in total. The Morgan fingerprint density at radius 3 is 1.54 bits per heavy atom.